The van der Waals surface area contributed by atoms with Crippen molar-refractivity contribution < 1.29 is 14.3 Å². The summed E-state index contributed by atoms with van der Waals surface area (Å²) >= 11 is 7.48. The first-order valence-corrected chi connectivity index (χ1v) is 9.39. The number of hydrogen-bond acceptors (Lipinski definition) is 5. The van der Waals surface area contributed by atoms with Crippen LogP contribution in [-0.4, -0.2) is 41.5 Å². The van der Waals surface area contributed by atoms with Crippen LogP contribution in [0.3, 0.4) is 0 Å². The number of thioether (sulfide) groups is 1. The van der Waals surface area contributed by atoms with Gasteiger partial charge in [-0.2, -0.15) is 0 Å². The highest BCUT2D eigenvalue weighted by Gasteiger charge is 2.31. The number of halogens is 1. The molecule has 1 atom stereocenters. The van der Waals surface area contributed by atoms with Crippen LogP contribution in [0.1, 0.15) is 6.92 Å². The maximum Gasteiger partial charge on any atom is 0.266 e. The standard InChI is InChI=1S/C19H19ClN2O3S/c1-13-11-22(19(26-13)21-15-9-7-14(20)8-10-15)18(23)12-25-17-6-4-3-5-16(17)24-2/h3-10,13H,11-12H2,1-2H3/t13-/m1/s1. The first kappa shape index (κ1) is 18.6. The Morgan fingerprint density at radius 3 is 2.62 bits per heavy atom. The lowest BCUT2D eigenvalue weighted by molar-refractivity contribution is -0.129. The molecular weight excluding hydrogens is 372 g/mol. The number of carbonyl (C=O) groups is 1. The zero-order chi connectivity index (χ0) is 18.5. The molecule has 0 unspecified atom stereocenters. The minimum Gasteiger partial charge on any atom is -0.493 e. The Bertz CT molecular complexity index is 811. The van der Waals surface area contributed by atoms with Crippen LogP contribution in [0.2, 0.25) is 5.02 Å². The SMILES string of the molecule is COc1ccccc1OCC(=O)N1C[C@@H](C)SC1=Nc1ccc(Cl)cc1. The van der Waals surface area contributed by atoms with Crippen molar-refractivity contribution in [3.8, 4) is 11.5 Å². The second kappa shape index (κ2) is 8.47. The van der Waals surface area contributed by atoms with E-state index in [4.69, 9.17) is 21.1 Å². The molecule has 0 radical (unpaired) electrons. The fraction of sp³-hybridized carbons (Fsp3) is 0.263. The highest BCUT2D eigenvalue weighted by atomic mass is 35.5. The molecule has 1 fully saturated rings. The number of methoxy groups -OCH3 is 1. The van der Waals surface area contributed by atoms with Gasteiger partial charge in [-0.25, -0.2) is 4.99 Å². The number of carbonyl (C=O) groups excluding carboxylic acids is 1. The van der Waals surface area contributed by atoms with Gasteiger partial charge in [0.25, 0.3) is 5.91 Å². The van der Waals surface area contributed by atoms with Gasteiger partial charge in [0, 0.05) is 16.8 Å². The molecule has 0 aromatic heterocycles. The molecule has 3 rings (SSSR count). The van der Waals surface area contributed by atoms with Gasteiger partial charge < -0.3 is 9.47 Å². The first-order chi connectivity index (χ1) is 12.6. The third-order valence-electron chi connectivity index (χ3n) is 3.75. The molecule has 5 nitrogen and oxygen atoms in total. The lowest BCUT2D eigenvalue weighted by Gasteiger charge is -2.17. The van der Waals surface area contributed by atoms with Gasteiger partial charge in [-0.1, -0.05) is 42.4 Å². The van der Waals surface area contributed by atoms with Gasteiger partial charge in [0.15, 0.2) is 23.3 Å². The fourth-order valence-corrected chi connectivity index (χ4v) is 3.66. The van der Waals surface area contributed by atoms with Gasteiger partial charge in [0.1, 0.15) is 0 Å². The van der Waals surface area contributed by atoms with Crippen LogP contribution in [0, 0.1) is 0 Å². The highest BCUT2D eigenvalue weighted by Crippen LogP contribution is 2.30. The van der Waals surface area contributed by atoms with Gasteiger partial charge in [-0.15, -0.1) is 0 Å². The molecule has 0 spiro atoms. The smallest absolute Gasteiger partial charge is 0.266 e. The van der Waals surface area contributed by atoms with Crippen molar-refractivity contribution in [1.82, 2.24) is 4.90 Å². The predicted octanol–water partition coefficient (Wildman–Crippen LogP) is 4.38. The zero-order valence-electron chi connectivity index (χ0n) is 14.5. The summed E-state index contributed by atoms with van der Waals surface area (Å²) in [6, 6.07) is 14.5. The molecule has 0 aliphatic carbocycles. The monoisotopic (exact) mass is 390 g/mol. The molecule has 1 saturated heterocycles. The van der Waals surface area contributed by atoms with Gasteiger partial charge >= 0.3 is 0 Å². The molecule has 0 saturated carbocycles. The molecule has 0 N–H and O–H groups in total. The Morgan fingerprint density at radius 1 is 1.23 bits per heavy atom. The third kappa shape index (κ3) is 4.51. The summed E-state index contributed by atoms with van der Waals surface area (Å²) in [5, 5.41) is 1.60. The molecule has 1 heterocycles. The van der Waals surface area contributed by atoms with E-state index in [0.29, 0.717) is 28.2 Å². The summed E-state index contributed by atoms with van der Waals surface area (Å²) < 4.78 is 10.9. The molecule has 136 valence electrons. The molecule has 2 aromatic carbocycles. The van der Waals surface area contributed by atoms with E-state index in [9.17, 15) is 4.79 Å². The van der Waals surface area contributed by atoms with Crippen LogP contribution >= 0.6 is 23.4 Å². The molecule has 26 heavy (non-hydrogen) atoms. The largest absolute Gasteiger partial charge is 0.493 e. The molecule has 2 aromatic rings. The Kier molecular flexibility index (Phi) is 6.06. The maximum absolute atomic E-state index is 12.7. The van der Waals surface area contributed by atoms with Gasteiger partial charge in [-0.3, -0.25) is 9.69 Å². The van der Waals surface area contributed by atoms with Crippen LogP contribution < -0.4 is 9.47 Å². The zero-order valence-corrected chi connectivity index (χ0v) is 16.1. The number of ether oxygens (including phenoxy) is 2. The van der Waals surface area contributed by atoms with Crippen molar-refractivity contribution in [2.45, 2.75) is 12.2 Å². The maximum atomic E-state index is 12.7. The highest BCUT2D eigenvalue weighted by molar-refractivity contribution is 8.14. The van der Waals surface area contributed by atoms with Crippen molar-refractivity contribution in [2.24, 2.45) is 4.99 Å². The second-order valence-electron chi connectivity index (χ2n) is 5.74. The number of para-hydroxylation sites is 2. The Balaban J connectivity index is 1.71. The van der Waals surface area contributed by atoms with Crippen LogP contribution in [0.5, 0.6) is 11.5 Å². The van der Waals surface area contributed by atoms with Crippen LogP contribution in [-0.2, 0) is 4.79 Å². The van der Waals surface area contributed by atoms with Crippen molar-refractivity contribution >= 4 is 40.1 Å². The van der Waals surface area contributed by atoms with Crippen LogP contribution in [0.15, 0.2) is 53.5 Å². The normalized spacial score (nSPS) is 18.2. The number of amidine groups is 1. The quantitative estimate of drug-likeness (QED) is 0.760. The molecular formula is C19H19ClN2O3S. The topological polar surface area (TPSA) is 51.1 Å². The lowest BCUT2D eigenvalue weighted by atomic mass is 10.3. The molecule has 7 heteroatoms. The first-order valence-electron chi connectivity index (χ1n) is 8.14. The van der Waals surface area contributed by atoms with Crippen molar-refractivity contribution in [2.75, 3.05) is 20.3 Å². The van der Waals surface area contributed by atoms with E-state index >= 15 is 0 Å². The Hall–Kier alpha value is -2.18. The molecule has 1 amide bonds. The average Bonchev–Trinajstić information content (AvgIpc) is 3.02. The van der Waals surface area contributed by atoms with E-state index in [1.54, 1.807) is 48.0 Å². The van der Waals surface area contributed by atoms with Gasteiger partial charge in [0.05, 0.1) is 12.8 Å². The predicted molar refractivity (Wildman–Crippen MR) is 106 cm³/mol. The summed E-state index contributed by atoms with van der Waals surface area (Å²) in [4.78, 5) is 18.9. The third-order valence-corrected chi connectivity index (χ3v) is 5.08. The van der Waals surface area contributed by atoms with E-state index in [-0.39, 0.29) is 17.8 Å². The Morgan fingerprint density at radius 2 is 1.92 bits per heavy atom. The van der Waals surface area contributed by atoms with Gasteiger partial charge in [0.2, 0.25) is 0 Å². The number of rotatable bonds is 5. The fourth-order valence-electron chi connectivity index (χ4n) is 2.49. The summed E-state index contributed by atoms with van der Waals surface area (Å²) in [6.45, 7) is 2.59. The average molecular weight is 391 g/mol. The van der Waals surface area contributed by atoms with E-state index in [1.165, 1.54) is 0 Å². The Labute approximate surface area is 162 Å². The molecule has 1 aliphatic heterocycles. The van der Waals surface area contributed by atoms with E-state index in [1.807, 2.05) is 24.3 Å². The summed E-state index contributed by atoms with van der Waals surface area (Å²) in [5.41, 5.74) is 0.759. The van der Waals surface area contributed by atoms with Crippen molar-refractivity contribution in [3.63, 3.8) is 0 Å². The van der Waals surface area contributed by atoms with Crippen LogP contribution in [0.4, 0.5) is 5.69 Å². The van der Waals surface area contributed by atoms with E-state index in [0.717, 1.165) is 5.69 Å². The minimum atomic E-state index is -0.138. The van der Waals surface area contributed by atoms with Crippen LogP contribution in [0.25, 0.3) is 0 Å². The van der Waals surface area contributed by atoms with Crippen molar-refractivity contribution in [3.05, 3.63) is 53.6 Å². The summed E-state index contributed by atoms with van der Waals surface area (Å²) in [7, 11) is 1.57. The lowest BCUT2D eigenvalue weighted by Crippen LogP contribution is -2.36. The van der Waals surface area contributed by atoms with Gasteiger partial charge in [-0.05, 0) is 36.4 Å². The van der Waals surface area contributed by atoms with E-state index < -0.39 is 0 Å². The number of aliphatic imine (C=N–C) groups is 1. The summed E-state index contributed by atoms with van der Waals surface area (Å²) in [5.74, 6) is 0.999. The number of nitrogens with zero attached hydrogens (tertiary/aromatic N) is 2. The second-order valence-corrected chi connectivity index (χ2v) is 7.59. The minimum absolute atomic E-state index is 0.0761. The number of amides is 1. The summed E-state index contributed by atoms with van der Waals surface area (Å²) in [6.07, 6.45) is 0. The molecule has 0 bridgehead atoms. The van der Waals surface area contributed by atoms with Crippen molar-refractivity contribution in [1.29, 1.82) is 0 Å². The number of hydrogen-bond donors (Lipinski definition) is 0. The van der Waals surface area contributed by atoms with E-state index in [2.05, 4.69) is 11.9 Å². The molecule has 1 aliphatic rings. The number of benzene rings is 2.